The first-order chi connectivity index (χ1) is 23.6. The molecule has 0 amide bonds. The van der Waals surface area contributed by atoms with E-state index in [9.17, 15) is 70.6 Å². The highest BCUT2D eigenvalue weighted by atomic mass is 16.8. The van der Waals surface area contributed by atoms with E-state index in [0.717, 1.165) is 0 Å². The van der Waals surface area contributed by atoms with Crippen molar-refractivity contribution in [1.29, 1.82) is 0 Å². The normalized spacial score (nSPS) is 37.8. The molecule has 20 nitrogen and oxygen atoms in total. The Hall–Kier alpha value is -3.93. The Labute approximate surface area is 282 Å². The van der Waals surface area contributed by atoms with Crippen LogP contribution in [0.1, 0.15) is 12.0 Å². The standard InChI is InChI=1S/C30H38N2O18/c33-8-18-20(36)22(38)24(40)29(48-18)50-25-23(39)21(37)19(9-34)49-30(25)47-17-7-14-11(6-16(17)35)5-15(28(45)46)32(14)2-1-10-3-12(26(41)42)31-13(4-10)27(43)44/h1,3,6-7,13,15,18-25,29-31,33-40H,2,4-5,8-9H2,(H,41,42)(H,43,44)(H,45,46)/t13-,15+,18-,19-,20-,21-,22+,23+,24-,25-,29-,30+/m1/s1. The summed E-state index contributed by atoms with van der Waals surface area (Å²) in [5.41, 5.74) is 0.571. The van der Waals surface area contributed by atoms with Gasteiger partial charge in [0.1, 0.15) is 60.7 Å². The van der Waals surface area contributed by atoms with Crippen molar-refractivity contribution in [2.75, 3.05) is 19.8 Å². The summed E-state index contributed by atoms with van der Waals surface area (Å²) < 4.78 is 22.5. The fourth-order valence-corrected chi connectivity index (χ4v) is 6.36. The average Bonchev–Trinajstić information content (AvgIpc) is 3.43. The summed E-state index contributed by atoms with van der Waals surface area (Å²) in [7, 11) is 0. The number of ether oxygens (including phenoxy) is 4. The number of aliphatic carboxylic acids is 3. The molecule has 276 valence electrons. The van der Waals surface area contributed by atoms with Gasteiger partial charge in [-0.05, 0) is 30.2 Å². The Morgan fingerprint density at radius 1 is 0.920 bits per heavy atom. The maximum Gasteiger partial charge on any atom is 0.363 e. The minimum atomic E-state index is -1.93. The number of phenols is 1. The summed E-state index contributed by atoms with van der Waals surface area (Å²) in [6, 6.07) is 0.0365. The minimum absolute atomic E-state index is 0.0588. The van der Waals surface area contributed by atoms with Crippen LogP contribution in [0.25, 0.3) is 0 Å². The Morgan fingerprint density at radius 3 is 2.16 bits per heavy atom. The second-order valence-corrected chi connectivity index (χ2v) is 12.3. The van der Waals surface area contributed by atoms with Crippen LogP contribution in [-0.2, 0) is 35.0 Å². The molecule has 0 spiro atoms. The molecule has 4 aliphatic heterocycles. The highest BCUT2D eigenvalue weighted by Crippen LogP contribution is 2.37. The second kappa shape index (κ2) is 15.1. The van der Waals surface area contributed by atoms with Gasteiger partial charge in [-0.2, -0.15) is 0 Å². The molecule has 4 aliphatic rings. The number of phenolic OH excluding ortho intramolecular Hbond substituents is 1. The van der Waals surface area contributed by atoms with Gasteiger partial charge < -0.3 is 85.2 Å². The maximum atomic E-state index is 12.3. The third kappa shape index (κ3) is 7.41. The van der Waals surface area contributed by atoms with Gasteiger partial charge in [-0.1, -0.05) is 0 Å². The molecule has 0 radical (unpaired) electrons. The van der Waals surface area contributed by atoms with E-state index in [2.05, 4.69) is 5.32 Å². The summed E-state index contributed by atoms with van der Waals surface area (Å²) in [4.78, 5) is 35.6. The number of allylic oxidation sites excluding steroid dienone is 1. The number of carboxylic acids is 3. The lowest BCUT2D eigenvalue weighted by Gasteiger charge is -2.45. The van der Waals surface area contributed by atoms with E-state index in [1.807, 2.05) is 0 Å². The summed E-state index contributed by atoms with van der Waals surface area (Å²) in [6.45, 7) is -1.71. The molecule has 20 heteroatoms. The Kier molecular flexibility index (Phi) is 11.3. The van der Waals surface area contributed by atoms with Gasteiger partial charge in [0.05, 0.1) is 25.2 Å². The van der Waals surface area contributed by atoms with Crippen molar-refractivity contribution < 1.29 is 94.4 Å². The number of aliphatic hydroxyl groups is 7. The van der Waals surface area contributed by atoms with Crippen molar-refractivity contribution in [3.05, 3.63) is 41.1 Å². The third-order valence-electron chi connectivity index (χ3n) is 9.08. The van der Waals surface area contributed by atoms with Crippen LogP contribution in [0, 0.1) is 0 Å². The van der Waals surface area contributed by atoms with Crippen molar-refractivity contribution in [3.8, 4) is 11.5 Å². The van der Waals surface area contributed by atoms with Gasteiger partial charge in [0.15, 0.2) is 29.9 Å². The van der Waals surface area contributed by atoms with Crippen LogP contribution in [0.15, 0.2) is 35.6 Å². The number of carboxylic acid groups (broad SMARTS) is 3. The molecule has 5 rings (SSSR count). The van der Waals surface area contributed by atoms with Crippen LogP contribution in [0.5, 0.6) is 11.5 Å². The number of nitrogens with one attached hydrogen (secondary N) is 2. The van der Waals surface area contributed by atoms with Crippen LogP contribution in [0.3, 0.4) is 0 Å². The number of aliphatic hydroxyl groups excluding tert-OH is 7. The van der Waals surface area contributed by atoms with Crippen LogP contribution in [0.2, 0.25) is 0 Å². The molecular formula is C30H38N2O18. The fourth-order valence-electron chi connectivity index (χ4n) is 6.36. The first-order valence-corrected chi connectivity index (χ1v) is 15.5. The molecule has 50 heavy (non-hydrogen) atoms. The molecule has 0 aliphatic carbocycles. The van der Waals surface area contributed by atoms with Gasteiger partial charge in [-0.15, -0.1) is 0 Å². The predicted molar refractivity (Wildman–Crippen MR) is 156 cm³/mol. The van der Waals surface area contributed by atoms with Gasteiger partial charge in [0.25, 0.3) is 0 Å². The topological polar surface area (TPSA) is 330 Å². The molecule has 0 aromatic heterocycles. The second-order valence-electron chi connectivity index (χ2n) is 12.3. The first-order valence-electron chi connectivity index (χ1n) is 15.5. The molecule has 2 saturated heterocycles. The number of rotatable bonds is 11. The fraction of sp³-hybridized carbons (Fsp3) is 0.567. The number of carbonyl (C=O) groups is 3. The molecule has 12 N–H and O–H groups in total. The van der Waals surface area contributed by atoms with E-state index in [1.165, 1.54) is 24.3 Å². The summed E-state index contributed by atoms with van der Waals surface area (Å²) >= 11 is 0. The van der Waals surface area contributed by atoms with Gasteiger partial charge in [0, 0.05) is 18.1 Å². The zero-order chi connectivity index (χ0) is 36.6. The molecule has 2 fully saturated rings. The quantitative estimate of drug-likeness (QED) is 0.0947. The number of hydrogen-bond donors (Lipinski definition) is 12. The van der Waals surface area contributed by atoms with E-state index in [1.54, 1.807) is 0 Å². The lowest BCUT2D eigenvalue weighted by molar-refractivity contribution is -0.838. The molecule has 0 bridgehead atoms. The predicted octanol–water partition coefficient (Wildman–Crippen LogP) is -7.07. The molecule has 13 atom stereocenters. The van der Waals surface area contributed by atoms with Crippen LogP contribution < -0.4 is 20.1 Å². The molecule has 1 aromatic rings. The molecular weight excluding hydrogens is 676 g/mol. The number of hydrogen-bond acceptors (Lipinski definition) is 17. The van der Waals surface area contributed by atoms with Gasteiger partial charge in [0.2, 0.25) is 6.29 Å². The Morgan fingerprint density at radius 2 is 1.56 bits per heavy atom. The van der Waals surface area contributed by atoms with Crippen LogP contribution >= 0.6 is 0 Å². The number of carbonyl (C=O) groups excluding carboxylic acids is 1. The Balaban J connectivity index is 1.44. The van der Waals surface area contributed by atoms with E-state index < -0.39 is 116 Å². The highest BCUT2D eigenvalue weighted by Gasteiger charge is 2.52. The van der Waals surface area contributed by atoms with Crippen molar-refractivity contribution in [2.45, 2.75) is 86.3 Å². The van der Waals surface area contributed by atoms with Crippen molar-refractivity contribution in [1.82, 2.24) is 5.32 Å². The average molecular weight is 715 g/mol. The number of aromatic hydroxyl groups is 1. The van der Waals surface area contributed by atoms with E-state index in [0.29, 0.717) is 16.2 Å². The van der Waals surface area contributed by atoms with E-state index in [4.69, 9.17) is 18.9 Å². The lowest BCUT2D eigenvalue weighted by atomic mass is 9.97. The number of quaternary nitrogens is 1. The number of fused-ring (bicyclic) bond motifs is 1. The van der Waals surface area contributed by atoms with Crippen molar-refractivity contribution in [2.24, 2.45) is 0 Å². The summed E-state index contributed by atoms with van der Waals surface area (Å²) in [6.07, 6.45) is -15.0. The molecule has 1 unspecified atom stereocenters. The minimum Gasteiger partial charge on any atom is -0.548 e. The summed E-state index contributed by atoms with van der Waals surface area (Å²) in [5.74, 6) is -5.04. The van der Waals surface area contributed by atoms with E-state index in [-0.39, 0.29) is 30.7 Å². The monoisotopic (exact) mass is 714 g/mol. The summed E-state index contributed by atoms with van der Waals surface area (Å²) in [5, 5.41) is 116. The third-order valence-corrected chi connectivity index (χ3v) is 9.08. The van der Waals surface area contributed by atoms with Crippen LogP contribution in [0.4, 0.5) is 5.69 Å². The zero-order valence-corrected chi connectivity index (χ0v) is 26.0. The SMILES string of the molecule is O=C(O)C1=CC(=CC[NH+]2c3cc(O[C@H]4O[C@H](CO)[C@@H](O)[C@H](O)[C@H]4O[C@H]4O[C@H](CO)[C@@H](O)[C@H](O)[C@H]4O)c(O)cc3C[C@H]2C(=O)O)C[C@H](C(=O)[O-])N1. The van der Waals surface area contributed by atoms with Crippen molar-refractivity contribution in [3.63, 3.8) is 0 Å². The van der Waals surface area contributed by atoms with Gasteiger partial charge >= 0.3 is 11.9 Å². The lowest BCUT2D eigenvalue weighted by Crippen LogP contribution is -3.11. The largest absolute Gasteiger partial charge is 0.548 e. The van der Waals surface area contributed by atoms with E-state index >= 15 is 0 Å². The first kappa shape index (κ1) is 37.3. The smallest absolute Gasteiger partial charge is 0.363 e. The molecule has 4 heterocycles. The highest BCUT2D eigenvalue weighted by molar-refractivity contribution is 5.88. The Bertz CT molecular complexity index is 1520. The maximum absolute atomic E-state index is 12.3. The zero-order valence-electron chi connectivity index (χ0n) is 26.0. The van der Waals surface area contributed by atoms with Crippen LogP contribution in [-0.4, -0.2) is 162 Å². The number of benzene rings is 1. The molecule has 1 aromatic carbocycles. The van der Waals surface area contributed by atoms with Gasteiger partial charge in [-0.25, -0.2) is 9.59 Å². The van der Waals surface area contributed by atoms with Crippen molar-refractivity contribution >= 4 is 23.6 Å². The van der Waals surface area contributed by atoms with Gasteiger partial charge in [-0.3, -0.25) is 4.90 Å². The molecule has 0 saturated carbocycles.